The number of fused-ring (bicyclic) bond motifs is 4. The highest BCUT2D eigenvalue weighted by Gasteiger charge is 2.52. The second kappa shape index (κ2) is 12.2. The third-order valence-electron chi connectivity index (χ3n) is 7.02. The summed E-state index contributed by atoms with van der Waals surface area (Å²) in [4.78, 5) is 81.3. The number of carbonyl (C=O) groups excluding carboxylic acids is 5. The second-order valence-electron chi connectivity index (χ2n) is 10.2. The van der Waals surface area contributed by atoms with Gasteiger partial charge in [-0.2, -0.15) is 0 Å². The molecule has 5 rings (SSSR count). The van der Waals surface area contributed by atoms with Crippen LogP contribution in [0.4, 0.5) is 0 Å². The Bertz CT molecular complexity index is 1860. The molecule has 2 aromatic heterocycles. The average molecular weight is 608 g/mol. The lowest BCUT2D eigenvalue weighted by molar-refractivity contribution is -0.270. The third kappa shape index (κ3) is 5.97. The molecule has 0 aliphatic carbocycles. The van der Waals surface area contributed by atoms with Gasteiger partial charge in [0, 0.05) is 44.0 Å². The van der Waals surface area contributed by atoms with Gasteiger partial charge in [0.05, 0.1) is 16.6 Å². The lowest BCUT2D eigenvalue weighted by Crippen LogP contribution is -2.67. The summed E-state index contributed by atoms with van der Waals surface area (Å²) in [6, 6.07) is 10.5. The number of hydrogen-bond donors (Lipinski definition) is 3. The molecule has 0 radical (unpaired) electrons. The summed E-state index contributed by atoms with van der Waals surface area (Å²) in [6.07, 6.45) is -5.60. The van der Waals surface area contributed by atoms with E-state index in [0.29, 0.717) is 27.3 Å². The lowest BCUT2D eigenvalue weighted by Gasteiger charge is -2.44. The highest BCUT2D eigenvalue weighted by molar-refractivity contribution is 6.15. The Kier molecular flexibility index (Phi) is 8.36. The molecule has 0 spiro atoms. The van der Waals surface area contributed by atoms with E-state index in [1.807, 2.05) is 0 Å². The Morgan fingerprint density at radius 3 is 2.09 bits per heavy atom. The predicted octanol–water partition coefficient (Wildman–Crippen LogP) is 1.98. The smallest absolute Gasteiger partial charge is 0.305 e. The molecule has 3 heterocycles. The van der Waals surface area contributed by atoms with E-state index < -0.39 is 67.0 Å². The van der Waals surface area contributed by atoms with Gasteiger partial charge in [0.2, 0.25) is 11.7 Å². The van der Waals surface area contributed by atoms with Crippen LogP contribution in [0.3, 0.4) is 0 Å². The summed E-state index contributed by atoms with van der Waals surface area (Å²) in [5.41, 5.74) is 1.55. The number of H-pyrrole nitrogens is 2. The summed E-state index contributed by atoms with van der Waals surface area (Å²) < 4.78 is 27.2. The Morgan fingerprint density at radius 1 is 0.750 bits per heavy atom. The van der Waals surface area contributed by atoms with Crippen LogP contribution < -0.4 is 10.7 Å². The number of carbonyl (C=O) groups is 5. The Labute approximate surface area is 248 Å². The molecule has 230 valence electrons. The molecule has 14 nitrogen and oxygen atoms in total. The van der Waals surface area contributed by atoms with E-state index >= 15 is 0 Å². The number of esters is 4. The number of para-hydroxylation sites is 2. The molecule has 4 aromatic rings. The number of amides is 1. The van der Waals surface area contributed by atoms with Gasteiger partial charge in [-0.05, 0) is 18.2 Å². The third-order valence-corrected chi connectivity index (χ3v) is 7.02. The SMILES string of the molecule is CC(=O)OC[C@H]1O[C@@H](OC(C)=O)[C@H](NC(=O)c2cccc3c2[nH]c2c(=O)c4ccccc4[nH]c23)[C@@H](OC(C)=O)[C@@H]1OC(C)=O. The van der Waals surface area contributed by atoms with Crippen molar-refractivity contribution < 1.29 is 47.7 Å². The van der Waals surface area contributed by atoms with Crippen molar-refractivity contribution in [3.63, 3.8) is 0 Å². The number of aromatic nitrogens is 2. The zero-order valence-electron chi connectivity index (χ0n) is 24.1. The summed E-state index contributed by atoms with van der Waals surface area (Å²) in [5.74, 6) is -3.77. The Morgan fingerprint density at radius 2 is 1.41 bits per heavy atom. The summed E-state index contributed by atoms with van der Waals surface area (Å²) in [5, 5.41) is 3.71. The molecule has 1 amide bonds. The van der Waals surface area contributed by atoms with Crippen molar-refractivity contribution in [2.75, 3.05) is 6.61 Å². The summed E-state index contributed by atoms with van der Waals surface area (Å²) in [6.45, 7) is 4.03. The number of rotatable bonds is 7. The van der Waals surface area contributed by atoms with Gasteiger partial charge < -0.3 is 39.0 Å². The van der Waals surface area contributed by atoms with Crippen LogP contribution in [-0.2, 0) is 42.9 Å². The standard InChI is InChI=1S/C30H29N3O11/c1-13(34)40-12-21-27(41-14(2)35)28(42-15(3)36)25(30(44-21)43-16(4)37)33-29(39)19-10-7-9-18-22(19)32-24-23(18)31-20-11-6-5-8-17(20)26(24)38/h5-11,21,25,27-28,30,32H,12H2,1-4H3,(H,31,38)(H,33,39)/t21-,25-,27-,28-,30-/m1/s1. The topological polar surface area (TPSA) is 192 Å². The molecule has 2 aromatic carbocycles. The average Bonchev–Trinajstić information content (AvgIpc) is 3.33. The number of ether oxygens (including phenoxy) is 5. The van der Waals surface area contributed by atoms with Crippen molar-refractivity contribution in [3.8, 4) is 0 Å². The minimum Gasteiger partial charge on any atom is -0.463 e. The van der Waals surface area contributed by atoms with Crippen LogP contribution >= 0.6 is 0 Å². The first kappa shape index (κ1) is 30.2. The van der Waals surface area contributed by atoms with Crippen LogP contribution in [0.1, 0.15) is 38.1 Å². The van der Waals surface area contributed by atoms with Gasteiger partial charge in [0.15, 0.2) is 12.2 Å². The summed E-state index contributed by atoms with van der Waals surface area (Å²) >= 11 is 0. The van der Waals surface area contributed by atoms with E-state index in [0.717, 1.165) is 27.7 Å². The number of hydrogen-bond acceptors (Lipinski definition) is 11. The first-order valence-corrected chi connectivity index (χ1v) is 13.6. The Balaban J connectivity index is 1.57. The number of benzene rings is 2. The van der Waals surface area contributed by atoms with E-state index in [9.17, 15) is 28.8 Å². The number of pyridine rings is 1. The van der Waals surface area contributed by atoms with Crippen molar-refractivity contribution in [2.24, 2.45) is 0 Å². The molecule has 5 atom stereocenters. The van der Waals surface area contributed by atoms with Gasteiger partial charge in [-0.3, -0.25) is 28.8 Å². The molecule has 0 bridgehead atoms. The van der Waals surface area contributed by atoms with Crippen LogP contribution in [0.5, 0.6) is 0 Å². The minimum atomic E-state index is -1.55. The van der Waals surface area contributed by atoms with Crippen LogP contribution in [-0.4, -0.2) is 77.0 Å². The molecule has 1 aliphatic heterocycles. The van der Waals surface area contributed by atoms with Crippen molar-refractivity contribution in [2.45, 2.75) is 58.3 Å². The van der Waals surface area contributed by atoms with Crippen LogP contribution in [0.2, 0.25) is 0 Å². The summed E-state index contributed by atoms with van der Waals surface area (Å²) in [7, 11) is 0. The van der Waals surface area contributed by atoms with Crippen molar-refractivity contribution in [3.05, 3.63) is 58.3 Å². The van der Waals surface area contributed by atoms with Gasteiger partial charge in [-0.15, -0.1) is 0 Å². The first-order chi connectivity index (χ1) is 20.9. The molecule has 44 heavy (non-hydrogen) atoms. The first-order valence-electron chi connectivity index (χ1n) is 13.6. The molecule has 0 saturated carbocycles. The van der Waals surface area contributed by atoms with Crippen molar-refractivity contribution >= 4 is 62.6 Å². The van der Waals surface area contributed by atoms with Gasteiger partial charge in [-0.25, -0.2) is 0 Å². The highest BCUT2D eigenvalue weighted by atomic mass is 16.7. The van der Waals surface area contributed by atoms with Gasteiger partial charge in [0.1, 0.15) is 24.3 Å². The van der Waals surface area contributed by atoms with E-state index in [1.54, 1.807) is 36.4 Å². The van der Waals surface area contributed by atoms with Crippen LogP contribution in [0, 0.1) is 0 Å². The maximum Gasteiger partial charge on any atom is 0.305 e. The molecule has 14 heteroatoms. The van der Waals surface area contributed by atoms with Gasteiger partial charge in [-0.1, -0.05) is 24.3 Å². The quantitative estimate of drug-likeness (QED) is 0.206. The maximum absolute atomic E-state index is 13.9. The normalized spacial score (nSPS) is 21.5. The van der Waals surface area contributed by atoms with Crippen molar-refractivity contribution in [1.29, 1.82) is 0 Å². The van der Waals surface area contributed by atoms with E-state index in [4.69, 9.17) is 23.7 Å². The predicted molar refractivity (Wildman–Crippen MR) is 153 cm³/mol. The number of aromatic amines is 2. The number of nitrogens with one attached hydrogen (secondary N) is 3. The molecule has 0 unspecified atom stereocenters. The monoisotopic (exact) mass is 607 g/mol. The Hall–Kier alpha value is -5.24. The van der Waals surface area contributed by atoms with Crippen molar-refractivity contribution in [1.82, 2.24) is 15.3 Å². The van der Waals surface area contributed by atoms with Crippen LogP contribution in [0.15, 0.2) is 47.3 Å². The molecule has 1 fully saturated rings. The maximum atomic E-state index is 13.9. The zero-order chi connectivity index (χ0) is 31.7. The van der Waals surface area contributed by atoms with E-state index in [-0.39, 0.29) is 16.5 Å². The van der Waals surface area contributed by atoms with Gasteiger partial charge >= 0.3 is 23.9 Å². The molecular weight excluding hydrogens is 578 g/mol. The molecule has 3 N–H and O–H groups in total. The molecule has 1 saturated heterocycles. The minimum absolute atomic E-state index is 0.102. The van der Waals surface area contributed by atoms with Gasteiger partial charge in [0.25, 0.3) is 5.91 Å². The fourth-order valence-corrected chi connectivity index (χ4v) is 5.32. The largest absolute Gasteiger partial charge is 0.463 e. The zero-order valence-corrected chi connectivity index (χ0v) is 24.1. The second-order valence-corrected chi connectivity index (χ2v) is 10.2. The fourth-order valence-electron chi connectivity index (χ4n) is 5.32. The van der Waals surface area contributed by atoms with Crippen LogP contribution in [0.25, 0.3) is 32.8 Å². The van der Waals surface area contributed by atoms with E-state index in [1.165, 1.54) is 6.07 Å². The molecular formula is C30H29N3O11. The fraction of sp³-hybridized carbons (Fsp3) is 0.333. The molecule has 1 aliphatic rings. The lowest BCUT2D eigenvalue weighted by atomic mass is 9.95. The highest BCUT2D eigenvalue weighted by Crippen LogP contribution is 2.30. The van der Waals surface area contributed by atoms with E-state index in [2.05, 4.69) is 15.3 Å².